The first-order chi connectivity index (χ1) is 13.5. The van der Waals surface area contributed by atoms with Crippen molar-refractivity contribution in [2.75, 3.05) is 12.4 Å². The molecule has 2 aromatic heterocycles. The van der Waals surface area contributed by atoms with Crippen LogP contribution in [-0.2, 0) is 11.3 Å². The van der Waals surface area contributed by atoms with E-state index in [-0.39, 0.29) is 5.91 Å². The van der Waals surface area contributed by atoms with Crippen LogP contribution in [0.15, 0.2) is 47.8 Å². The molecule has 7 nitrogen and oxygen atoms in total. The highest BCUT2D eigenvalue weighted by molar-refractivity contribution is 8.00. The summed E-state index contributed by atoms with van der Waals surface area (Å²) in [7, 11) is 1.62. The van der Waals surface area contributed by atoms with E-state index in [2.05, 4.69) is 20.5 Å². The molecule has 0 aliphatic carbocycles. The van der Waals surface area contributed by atoms with Crippen LogP contribution < -0.4 is 10.1 Å². The lowest BCUT2D eigenvalue weighted by Crippen LogP contribution is -2.23. The molecule has 3 rings (SSSR count). The molecule has 0 saturated heterocycles. The van der Waals surface area contributed by atoms with Crippen LogP contribution in [0.2, 0.25) is 5.02 Å². The van der Waals surface area contributed by atoms with Crippen LogP contribution in [-0.4, -0.2) is 38.0 Å². The number of nitrogens with one attached hydrogen (secondary N) is 1. The van der Waals surface area contributed by atoms with Gasteiger partial charge in [0.1, 0.15) is 11.6 Å². The molecule has 0 fully saturated rings. The third kappa shape index (κ3) is 4.45. The van der Waals surface area contributed by atoms with E-state index in [1.165, 1.54) is 18.0 Å². The van der Waals surface area contributed by atoms with Crippen molar-refractivity contribution < 1.29 is 9.53 Å². The average Bonchev–Trinajstić information content (AvgIpc) is 3.11. The molecule has 2 heterocycles. The standard InChI is InChI=1S/C19H20ClN5O2S/c1-4-25-17(14-7-5-6-8-15(14)27-3)23-24-19(25)28-12(2)18(26)22-16-10-9-13(20)11-21-16/h5-12H,4H2,1-3H3,(H,21,22,26)/t12-/m1/s1. The maximum atomic E-state index is 12.5. The number of thioether (sulfide) groups is 1. The molecule has 1 amide bonds. The van der Waals surface area contributed by atoms with E-state index in [4.69, 9.17) is 16.3 Å². The zero-order valence-corrected chi connectivity index (χ0v) is 17.3. The number of halogens is 1. The number of carbonyl (C=O) groups excluding carboxylic acids is 1. The first kappa shape index (κ1) is 20.2. The number of nitrogens with zero attached hydrogens (tertiary/aromatic N) is 4. The summed E-state index contributed by atoms with van der Waals surface area (Å²) in [4.78, 5) is 16.6. The van der Waals surface area contributed by atoms with Crippen LogP contribution in [0.25, 0.3) is 11.4 Å². The third-order valence-electron chi connectivity index (χ3n) is 4.01. The predicted molar refractivity (Wildman–Crippen MR) is 111 cm³/mol. The van der Waals surface area contributed by atoms with Gasteiger partial charge in [0.2, 0.25) is 5.91 Å². The van der Waals surface area contributed by atoms with Crippen LogP contribution in [0.1, 0.15) is 13.8 Å². The molecule has 0 aliphatic rings. The van der Waals surface area contributed by atoms with Gasteiger partial charge in [-0.25, -0.2) is 4.98 Å². The van der Waals surface area contributed by atoms with Crippen molar-refractivity contribution >= 4 is 35.1 Å². The number of ether oxygens (including phenoxy) is 1. The summed E-state index contributed by atoms with van der Waals surface area (Å²) in [5.74, 6) is 1.70. The molecule has 146 valence electrons. The fraction of sp³-hybridized carbons (Fsp3) is 0.263. The lowest BCUT2D eigenvalue weighted by Gasteiger charge is -2.13. The fourth-order valence-corrected chi connectivity index (χ4v) is 3.60. The largest absolute Gasteiger partial charge is 0.496 e. The van der Waals surface area contributed by atoms with Crippen molar-refractivity contribution in [1.29, 1.82) is 0 Å². The van der Waals surface area contributed by atoms with Gasteiger partial charge in [-0.3, -0.25) is 4.79 Å². The number of rotatable bonds is 7. The lowest BCUT2D eigenvalue weighted by molar-refractivity contribution is -0.115. The number of hydrogen-bond donors (Lipinski definition) is 1. The quantitative estimate of drug-likeness (QED) is 0.582. The Morgan fingerprint density at radius 3 is 2.75 bits per heavy atom. The Kier molecular flexibility index (Phi) is 6.53. The minimum Gasteiger partial charge on any atom is -0.496 e. The molecular weight excluding hydrogens is 398 g/mol. The Hall–Kier alpha value is -2.58. The molecule has 0 unspecified atom stereocenters. The van der Waals surface area contributed by atoms with Crippen LogP contribution in [0.5, 0.6) is 5.75 Å². The molecule has 3 aromatic rings. The number of aromatic nitrogens is 4. The van der Waals surface area contributed by atoms with Gasteiger partial charge in [-0.15, -0.1) is 10.2 Å². The topological polar surface area (TPSA) is 81.9 Å². The highest BCUT2D eigenvalue weighted by Gasteiger charge is 2.21. The van der Waals surface area contributed by atoms with Gasteiger partial charge < -0.3 is 14.6 Å². The molecule has 0 spiro atoms. The second-order valence-corrected chi connectivity index (χ2v) is 7.61. The summed E-state index contributed by atoms with van der Waals surface area (Å²) in [6.07, 6.45) is 1.49. The lowest BCUT2D eigenvalue weighted by atomic mass is 10.2. The van der Waals surface area contributed by atoms with E-state index in [1.807, 2.05) is 42.7 Å². The van der Waals surface area contributed by atoms with Crippen LogP contribution in [0.4, 0.5) is 5.82 Å². The zero-order valence-electron chi connectivity index (χ0n) is 15.7. The van der Waals surface area contributed by atoms with Crippen molar-refractivity contribution in [3.63, 3.8) is 0 Å². The second kappa shape index (κ2) is 9.07. The maximum absolute atomic E-state index is 12.5. The Morgan fingerprint density at radius 2 is 2.07 bits per heavy atom. The van der Waals surface area contributed by atoms with Crippen molar-refractivity contribution in [2.24, 2.45) is 0 Å². The molecule has 0 aliphatic heterocycles. The summed E-state index contributed by atoms with van der Waals surface area (Å²) < 4.78 is 7.40. The molecular formula is C19H20ClN5O2S. The normalized spacial score (nSPS) is 11.9. The van der Waals surface area contributed by atoms with Gasteiger partial charge in [0.15, 0.2) is 11.0 Å². The number of methoxy groups -OCH3 is 1. The van der Waals surface area contributed by atoms with Crippen molar-refractivity contribution in [2.45, 2.75) is 30.8 Å². The smallest absolute Gasteiger partial charge is 0.238 e. The Bertz CT molecular complexity index is 961. The van der Waals surface area contributed by atoms with Gasteiger partial charge in [-0.05, 0) is 38.1 Å². The van der Waals surface area contributed by atoms with Crippen LogP contribution >= 0.6 is 23.4 Å². The maximum Gasteiger partial charge on any atom is 0.238 e. The van der Waals surface area contributed by atoms with E-state index in [1.54, 1.807) is 19.2 Å². The molecule has 9 heteroatoms. The SMILES string of the molecule is CCn1c(S[C@H](C)C(=O)Nc2ccc(Cl)cn2)nnc1-c1ccccc1OC. The molecule has 1 aromatic carbocycles. The van der Waals surface area contributed by atoms with Crippen molar-refractivity contribution in [1.82, 2.24) is 19.7 Å². The van der Waals surface area contributed by atoms with Crippen molar-refractivity contribution in [3.8, 4) is 17.1 Å². The van der Waals surface area contributed by atoms with Gasteiger partial charge in [0.05, 0.1) is 22.9 Å². The number of anilines is 1. The number of hydrogen-bond acceptors (Lipinski definition) is 6. The summed E-state index contributed by atoms with van der Waals surface area (Å²) in [5, 5.41) is 12.2. The van der Waals surface area contributed by atoms with Gasteiger partial charge >= 0.3 is 0 Å². The Labute approximate surface area is 172 Å². The Morgan fingerprint density at radius 1 is 1.29 bits per heavy atom. The number of pyridine rings is 1. The third-order valence-corrected chi connectivity index (χ3v) is 5.32. The highest BCUT2D eigenvalue weighted by Crippen LogP contribution is 2.32. The molecule has 0 saturated carbocycles. The van der Waals surface area contributed by atoms with E-state index in [9.17, 15) is 4.79 Å². The summed E-state index contributed by atoms with van der Waals surface area (Å²) in [6.45, 7) is 4.48. The van der Waals surface area contributed by atoms with E-state index in [0.717, 1.165) is 11.3 Å². The second-order valence-electron chi connectivity index (χ2n) is 5.86. The summed E-state index contributed by atoms with van der Waals surface area (Å²) in [5.41, 5.74) is 0.855. The minimum absolute atomic E-state index is 0.177. The van der Waals surface area contributed by atoms with Crippen molar-refractivity contribution in [3.05, 3.63) is 47.6 Å². The molecule has 0 radical (unpaired) electrons. The first-order valence-electron chi connectivity index (χ1n) is 8.69. The average molecular weight is 418 g/mol. The number of benzene rings is 1. The van der Waals surface area contributed by atoms with E-state index >= 15 is 0 Å². The fourth-order valence-electron chi connectivity index (χ4n) is 2.58. The molecule has 1 N–H and O–H groups in total. The highest BCUT2D eigenvalue weighted by atomic mass is 35.5. The predicted octanol–water partition coefficient (Wildman–Crippen LogP) is 4.14. The van der Waals surface area contributed by atoms with E-state index in [0.29, 0.717) is 28.4 Å². The van der Waals surface area contributed by atoms with Gasteiger partial charge in [-0.2, -0.15) is 0 Å². The summed E-state index contributed by atoms with van der Waals surface area (Å²) in [6, 6.07) is 11.0. The Balaban J connectivity index is 1.78. The molecule has 0 bridgehead atoms. The van der Waals surface area contributed by atoms with E-state index < -0.39 is 5.25 Å². The van der Waals surface area contributed by atoms with Gasteiger partial charge in [0.25, 0.3) is 0 Å². The number of amides is 1. The van der Waals surface area contributed by atoms with Gasteiger partial charge in [-0.1, -0.05) is 35.5 Å². The number of para-hydroxylation sites is 1. The molecule has 28 heavy (non-hydrogen) atoms. The van der Waals surface area contributed by atoms with Crippen LogP contribution in [0, 0.1) is 0 Å². The summed E-state index contributed by atoms with van der Waals surface area (Å²) >= 11 is 7.16. The molecule has 1 atom stereocenters. The number of carbonyl (C=O) groups is 1. The first-order valence-corrected chi connectivity index (χ1v) is 9.95. The monoisotopic (exact) mass is 417 g/mol. The zero-order chi connectivity index (χ0) is 20.1. The van der Waals surface area contributed by atoms with Crippen LogP contribution in [0.3, 0.4) is 0 Å². The minimum atomic E-state index is -0.391. The van der Waals surface area contributed by atoms with Gasteiger partial charge in [0, 0.05) is 12.7 Å².